The summed E-state index contributed by atoms with van der Waals surface area (Å²) in [5.41, 5.74) is 0. The van der Waals surface area contributed by atoms with Crippen molar-refractivity contribution in [3.63, 3.8) is 0 Å². The van der Waals surface area contributed by atoms with Crippen molar-refractivity contribution >= 4 is 5.97 Å². The maximum Gasteiger partial charge on any atom is 0.119 e. The number of piperidine rings is 1. The lowest BCUT2D eigenvalue weighted by Crippen LogP contribution is -2.55. The van der Waals surface area contributed by atoms with Gasteiger partial charge in [-0.05, 0) is 25.9 Å². The van der Waals surface area contributed by atoms with Gasteiger partial charge in [0, 0.05) is 19.4 Å². The monoisotopic (exact) mass is 240 g/mol. The van der Waals surface area contributed by atoms with E-state index in [0.29, 0.717) is 0 Å². The van der Waals surface area contributed by atoms with E-state index in [1.54, 1.807) is 0 Å². The van der Waals surface area contributed by atoms with Gasteiger partial charge in [-0.15, -0.1) is 0 Å². The Morgan fingerprint density at radius 1 is 1.06 bits per heavy atom. The first-order valence-electron chi connectivity index (χ1n) is 6.98. The van der Waals surface area contributed by atoms with Crippen LogP contribution in [-0.4, -0.2) is 61.2 Å². The van der Waals surface area contributed by atoms with E-state index in [9.17, 15) is 9.90 Å². The van der Waals surface area contributed by atoms with Crippen molar-refractivity contribution in [3.8, 4) is 0 Å². The molecule has 0 aromatic carbocycles. The summed E-state index contributed by atoms with van der Waals surface area (Å²) < 4.78 is 0.763. The molecular formula is C13H24N2O2. The Hall–Kier alpha value is -0.610. The number of hydrogen-bond acceptors (Lipinski definition) is 3. The zero-order valence-electron chi connectivity index (χ0n) is 10.7. The SMILES string of the molecule is O=C([O-])C[N+]1(CCN2CCCCC2)CCCC1. The van der Waals surface area contributed by atoms with Crippen LogP contribution >= 0.6 is 0 Å². The maximum absolute atomic E-state index is 10.9. The Labute approximate surface area is 104 Å². The summed E-state index contributed by atoms with van der Waals surface area (Å²) >= 11 is 0. The van der Waals surface area contributed by atoms with Gasteiger partial charge in [-0.1, -0.05) is 6.42 Å². The first-order chi connectivity index (χ1) is 8.20. The molecule has 0 saturated carbocycles. The molecule has 0 aromatic heterocycles. The number of carboxylic acids is 1. The van der Waals surface area contributed by atoms with Crippen LogP contribution in [0.2, 0.25) is 0 Å². The standard InChI is InChI=1S/C13H24N2O2/c16-13(17)12-15(9-4-5-10-15)11-8-14-6-2-1-3-7-14/h1-12H2. The number of nitrogens with zero attached hydrogens (tertiary/aromatic N) is 2. The molecule has 0 aliphatic carbocycles. The number of carboxylic acid groups (broad SMARTS) is 1. The molecule has 17 heavy (non-hydrogen) atoms. The lowest BCUT2D eigenvalue weighted by Gasteiger charge is -2.37. The van der Waals surface area contributed by atoms with E-state index in [4.69, 9.17) is 0 Å². The lowest BCUT2D eigenvalue weighted by atomic mass is 10.1. The molecule has 0 unspecified atom stereocenters. The van der Waals surface area contributed by atoms with E-state index in [1.807, 2.05) is 0 Å². The summed E-state index contributed by atoms with van der Waals surface area (Å²) in [6.07, 6.45) is 6.32. The molecule has 0 aromatic rings. The molecule has 4 nitrogen and oxygen atoms in total. The molecule has 0 N–H and O–H groups in total. The third-order valence-electron chi connectivity index (χ3n) is 4.32. The van der Waals surface area contributed by atoms with Gasteiger partial charge < -0.3 is 14.4 Å². The topological polar surface area (TPSA) is 43.4 Å². The highest BCUT2D eigenvalue weighted by Crippen LogP contribution is 2.19. The van der Waals surface area contributed by atoms with Crippen molar-refractivity contribution in [1.82, 2.24) is 4.90 Å². The molecule has 2 aliphatic rings. The zero-order valence-corrected chi connectivity index (χ0v) is 10.7. The van der Waals surface area contributed by atoms with Crippen LogP contribution in [0.25, 0.3) is 0 Å². The quantitative estimate of drug-likeness (QED) is 0.627. The van der Waals surface area contributed by atoms with Gasteiger partial charge in [0.2, 0.25) is 0 Å². The Morgan fingerprint density at radius 2 is 1.71 bits per heavy atom. The van der Waals surface area contributed by atoms with Crippen molar-refractivity contribution < 1.29 is 14.4 Å². The number of hydrogen-bond donors (Lipinski definition) is 0. The van der Waals surface area contributed by atoms with Gasteiger partial charge in [-0.2, -0.15) is 0 Å². The molecule has 98 valence electrons. The van der Waals surface area contributed by atoms with E-state index < -0.39 is 5.97 Å². The van der Waals surface area contributed by atoms with E-state index in [-0.39, 0.29) is 6.54 Å². The second-order valence-electron chi connectivity index (χ2n) is 5.65. The summed E-state index contributed by atoms with van der Waals surface area (Å²) in [5.74, 6) is -0.884. The van der Waals surface area contributed by atoms with Crippen LogP contribution in [0.1, 0.15) is 32.1 Å². The third-order valence-corrected chi connectivity index (χ3v) is 4.32. The third kappa shape index (κ3) is 3.68. The molecule has 2 saturated heterocycles. The van der Waals surface area contributed by atoms with Gasteiger partial charge in [0.25, 0.3) is 0 Å². The zero-order chi connectivity index (χ0) is 12.1. The van der Waals surface area contributed by atoms with E-state index >= 15 is 0 Å². The summed E-state index contributed by atoms with van der Waals surface area (Å²) in [6.45, 7) is 6.73. The van der Waals surface area contributed by atoms with Crippen molar-refractivity contribution in [1.29, 1.82) is 0 Å². The number of aliphatic carboxylic acids is 1. The van der Waals surface area contributed by atoms with Crippen molar-refractivity contribution in [3.05, 3.63) is 0 Å². The molecule has 2 fully saturated rings. The summed E-state index contributed by atoms with van der Waals surface area (Å²) in [4.78, 5) is 13.4. The van der Waals surface area contributed by atoms with Crippen molar-refractivity contribution in [2.75, 3.05) is 45.8 Å². The minimum absolute atomic E-state index is 0.216. The lowest BCUT2D eigenvalue weighted by molar-refractivity contribution is -0.910. The normalized spacial score (nSPS) is 24.9. The number of carbonyl (C=O) groups is 1. The fourth-order valence-electron chi connectivity index (χ4n) is 3.28. The Kier molecular flexibility index (Phi) is 4.40. The molecule has 0 spiro atoms. The second-order valence-corrected chi connectivity index (χ2v) is 5.65. The van der Waals surface area contributed by atoms with Crippen molar-refractivity contribution in [2.45, 2.75) is 32.1 Å². The highest BCUT2D eigenvalue weighted by atomic mass is 16.4. The second kappa shape index (κ2) is 5.83. The first kappa shape index (κ1) is 12.8. The van der Waals surface area contributed by atoms with Crippen LogP contribution in [0, 0.1) is 0 Å². The van der Waals surface area contributed by atoms with Crippen LogP contribution in [0.4, 0.5) is 0 Å². The first-order valence-corrected chi connectivity index (χ1v) is 6.98. The van der Waals surface area contributed by atoms with Crippen LogP contribution in [0.15, 0.2) is 0 Å². The van der Waals surface area contributed by atoms with E-state index in [1.165, 1.54) is 45.2 Å². The average Bonchev–Trinajstić information content (AvgIpc) is 2.76. The highest BCUT2D eigenvalue weighted by molar-refractivity contribution is 5.65. The molecule has 2 heterocycles. The van der Waals surface area contributed by atoms with Gasteiger partial charge in [0.05, 0.1) is 25.6 Å². The molecule has 0 bridgehead atoms. The smallest absolute Gasteiger partial charge is 0.119 e. The highest BCUT2D eigenvalue weighted by Gasteiger charge is 2.32. The number of rotatable bonds is 5. The number of likely N-dealkylation sites (tertiary alicyclic amines) is 2. The molecule has 2 rings (SSSR count). The fourth-order valence-corrected chi connectivity index (χ4v) is 3.28. The summed E-state index contributed by atoms with van der Waals surface area (Å²) in [6, 6.07) is 0. The van der Waals surface area contributed by atoms with Crippen LogP contribution in [-0.2, 0) is 4.79 Å². The maximum atomic E-state index is 10.9. The Bertz CT molecular complexity index is 256. The number of carbonyl (C=O) groups excluding carboxylic acids is 1. The molecule has 0 amide bonds. The van der Waals surface area contributed by atoms with Gasteiger partial charge in [-0.3, -0.25) is 4.90 Å². The molecule has 0 radical (unpaired) electrons. The van der Waals surface area contributed by atoms with Gasteiger partial charge in [-0.25, -0.2) is 0 Å². The molecule has 0 atom stereocenters. The largest absolute Gasteiger partial charge is 0.544 e. The Morgan fingerprint density at radius 3 is 2.29 bits per heavy atom. The average molecular weight is 240 g/mol. The van der Waals surface area contributed by atoms with Gasteiger partial charge in [0.15, 0.2) is 0 Å². The van der Waals surface area contributed by atoms with Gasteiger partial charge in [0.1, 0.15) is 6.54 Å². The van der Waals surface area contributed by atoms with E-state index in [2.05, 4.69) is 4.90 Å². The molecule has 2 aliphatic heterocycles. The van der Waals surface area contributed by atoms with Gasteiger partial charge >= 0.3 is 0 Å². The fraction of sp³-hybridized carbons (Fsp3) is 0.923. The summed E-state index contributed by atoms with van der Waals surface area (Å²) in [5, 5.41) is 10.9. The minimum atomic E-state index is -0.884. The molecule has 4 heteroatoms. The van der Waals surface area contributed by atoms with Crippen molar-refractivity contribution in [2.24, 2.45) is 0 Å². The van der Waals surface area contributed by atoms with E-state index in [0.717, 1.165) is 30.7 Å². The Balaban J connectivity index is 1.82. The predicted octanol–water partition coefficient (Wildman–Crippen LogP) is -0.167. The van der Waals surface area contributed by atoms with Crippen LogP contribution in [0.5, 0.6) is 0 Å². The van der Waals surface area contributed by atoms with Crippen LogP contribution < -0.4 is 5.11 Å². The van der Waals surface area contributed by atoms with Crippen LogP contribution in [0.3, 0.4) is 0 Å². The minimum Gasteiger partial charge on any atom is -0.544 e. The predicted molar refractivity (Wildman–Crippen MR) is 64.3 cm³/mol. The summed E-state index contributed by atoms with van der Waals surface area (Å²) in [7, 11) is 0. The molecular weight excluding hydrogens is 216 g/mol. The number of quaternary nitrogens is 1.